The minimum absolute atomic E-state index is 0.132. The van der Waals surface area contributed by atoms with Gasteiger partial charge in [0, 0.05) is 16.3 Å². The van der Waals surface area contributed by atoms with Crippen molar-refractivity contribution in [3.63, 3.8) is 0 Å². The van der Waals surface area contributed by atoms with Gasteiger partial charge >= 0.3 is 0 Å². The van der Waals surface area contributed by atoms with E-state index in [0.29, 0.717) is 20.1 Å². The van der Waals surface area contributed by atoms with Crippen LogP contribution in [0.5, 0.6) is 0 Å². The van der Waals surface area contributed by atoms with Gasteiger partial charge in [-0.25, -0.2) is 0 Å². The van der Waals surface area contributed by atoms with Crippen LogP contribution >= 0.6 is 34.7 Å². The van der Waals surface area contributed by atoms with Crippen molar-refractivity contribution < 1.29 is 9.59 Å². The second-order valence-corrected chi connectivity index (χ2v) is 8.18. The third-order valence-electron chi connectivity index (χ3n) is 3.36. The van der Waals surface area contributed by atoms with E-state index in [1.165, 1.54) is 23.1 Å². The molecule has 0 saturated carbocycles. The molecule has 0 atom stereocenters. The highest BCUT2D eigenvalue weighted by Gasteiger charge is 2.12. The van der Waals surface area contributed by atoms with Crippen molar-refractivity contribution >= 4 is 57.3 Å². The number of amides is 2. The van der Waals surface area contributed by atoms with Gasteiger partial charge in [0.2, 0.25) is 11.0 Å². The molecule has 0 unspecified atom stereocenters. The smallest absolute Gasteiger partial charge is 0.257 e. The highest BCUT2D eigenvalue weighted by atomic mass is 35.5. The Morgan fingerprint density at radius 1 is 1.11 bits per heavy atom. The number of carbonyl (C=O) groups excluding carboxylic acids is 2. The standard InChI is InChI=1S/C18H15ClN4O2S2/c1-11-3-2-4-14(9-11)20-15(24)10-26-18-23-22-17(27-18)21-16(25)12-5-7-13(19)8-6-12/h2-9H,10H2,1H3,(H,20,24)(H,21,22,25). The number of hydrogen-bond donors (Lipinski definition) is 2. The lowest BCUT2D eigenvalue weighted by Gasteiger charge is -2.04. The maximum absolute atomic E-state index is 12.1. The van der Waals surface area contributed by atoms with Gasteiger partial charge in [-0.2, -0.15) is 0 Å². The quantitative estimate of drug-likeness (QED) is 0.455. The minimum atomic E-state index is -0.295. The lowest BCUT2D eigenvalue weighted by Crippen LogP contribution is -2.13. The monoisotopic (exact) mass is 418 g/mol. The number of hydrogen-bond acceptors (Lipinski definition) is 6. The zero-order chi connectivity index (χ0) is 19.2. The summed E-state index contributed by atoms with van der Waals surface area (Å²) < 4.78 is 0.598. The van der Waals surface area contributed by atoms with Crippen LogP contribution in [0.1, 0.15) is 15.9 Å². The van der Waals surface area contributed by atoms with E-state index in [0.717, 1.165) is 11.3 Å². The number of aryl methyl sites for hydroxylation is 1. The zero-order valence-corrected chi connectivity index (χ0v) is 16.6. The van der Waals surface area contributed by atoms with Crippen LogP contribution in [-0.2, 0) is 4.79 Å². The summed E-state index contributed by atoms with van der Waals surface area (Å²) in [6.45, 7) is 1.96. The molecule has 2 aromatic carbocycles. The summed E-state index contributed by atoms with van der Waals surface area (Å²) in [5, 5.41) is 14.4. The van der Waals surface area contributed by atoms with Crippen molar-refractivity contribution in [3.8, 4) is 0 Å². The molecule has 0 aliphatic heterocycles. The van der Waals surface area contributed by atoms with Crippen molar-refractivity contribution in [1.82, 2.24) is 10.2 Å². The molecule has 6 nitrogen and oxygen atoms in total. The normalized spacial score (nSPS) is 10.4. The lowest BCUT2D eigenvalue weighted by molar-refractivity contribution is -0.113. The molecule has 9 heteroatoms. The Hall–Kier alpha value is -2.42. The maximum Gasteiger partial charge on any atom is 0.257 e. The number of aromatic nitrogens is 2. The number of nitrogens with zero attached hydrogens (tertiary/aromatic N) is 2. The van der Waals surface area contributed by atoms with Crippen LogP contribution in [0.3, 0.4) is 0 Å². The first-order chi connectivity index (χ1) is 13.0. The third-order valence-corrected chi connectivity index (χ3v) is 5.59. The number of rotatable bonds is 6. The zero-order valence-electron chi connectivity index (χ0n) is 14.2. The molecular formula is C18H15ClN4O2S2. The summed E-state index contributed by atoms with van der Waals surface area (Å²) in [5.74, 6) is -0.225. The van der Waals surface area contributed by atoms with Crippen LogP contribution in [0.4, 0.5) is 10.8 Å². The van der Waals surface area contributed by atoms with Crippen LogP contribution in [-0.4, -0.2) is 27.8 Å². The summed E-state index contributed by atoms with van der Waals surface area (Å²) in [5.41, 5.74) is 2.31. The molecular weight excluding hydrogens is 404 g/mol. The second kappa shape index (κ2) is 8.98. The molecule has 0 saturated heterocycles. The van der Waals surface area contributed by atoms with Gasteiger partial charge in [0.05, 0.1) is 5.75 Å². The first-order valence-corrected chi connectivity index (χ1v) is 10.1. The van der Waals surface area contributed by atoms with Crippen molar-refractivity contribution in [2.24, 2.45) is 0 Å². The van der Waals surface area contributed by atoms with Gasteiger partial charge in [0.1, 0.15) is 0 Å². The Morgan fingerprint density at radius 2 is 1.89 bits per heavy atom. The summed E-state index contributed by atoms with van der Waals surface area (Å²) in [7, 11) is 0. The fourth-order valence-electron chi connectivity index (χ4n) is 2.14. The van der Waals surface area contributed by atoms with Gasteiger partial charge < -0.3 is 5.32 Å². The van der Waals surface area contributed by atoms with Crippen molar-refractivity contribution in [1.29, 1.82) is 0 Å². The number of anilines is 2. The fraction of sp³-hybridized carbons (Fsp3) is 0.111. The Kier molecular flexibility index (Phi) is 6.44. The lowest BCUT2D eigenvalue weighted by atomic mass is 10.2. The largest absolute Gasteiger partial charge is 0.325 e. The van der Waals surface area contributed by atoms with Gasteiger partial charge in [-0.05, 0) is 48.9 Å². The molecule has 2 amide bonds. The van der Waals surface area contributed by atoms with Gasteiger partial charge in [-0.1, -0.05) is 46.8 Å². The van der Waals surface area contributed by atoms with Crippen LogP contribution in [0.2, 0.25) is 5.02 Å². The van der Waals surface area contributed by atoms with E-state index >= 15 is 0 Å². The predicted molar refractivity (Wildman–Crippen MR) is 110 cm³/mol. The Labute approximate surface area is 169 Å². The molecule has 138 valence electrons. The van der Waals surface area contributed by atoms with Crippen molar-refractivity contribution in [2.45, 2.75) is 11.3 Å². The molecule has 3 rings (SSSR count). The van der Waals surface area contributed by atoms with E-state index in [9.17, 15) is 9.59 Å². The van der Waals surface area contributed by atoms with Gasteiger partial charge in [0.15, 0.2) is 4.34 Å². The average molecular weight is 419 g/mol. The molecule has 3 aromatic rings. The van der Waals surface area contributed by atoms with Crippen LogP contribution in [0.25, 0.3) is 0 Å². The molecule has 0 fully saturated rings. The fourth-order valence-corrected chi connectivity index (χ4v) is 3.81. The molecule has 2 N–H and O–H groups in total. The molecule has 0 bridgehead atoms. The number of benzene rings is 2. The summed E-state index contributed by atoms with van der Waals surface area (Å²) in [4.78, 5) is 24.2. The van der Waals surface area contributed by atoms with Gasteiger partial charge in [-0.15, -0.1) is 10.2 Å². The molecule has 0 radical (unpaired) electrons. The molecule has 0 spiro atoms. The first kappa shape index (κ1) is 19.3. The third kappa shape index (κ3) is 5.78. The first-order valence-electron chi connectivity index (χ1n) is 7.89. The topological polar surface area (TPSA) is 84.0 Å². The predicted octanol–water partition coefficient (Wildman–Crippen LogP) is 4.48. The summed E-state index contributed by atoms with van der Waals surface area (Å²) in [6.07, 6.45) is 0. The van der Waals surface area contributed by atoms with Crippen molar-refractivity contribution in [2.75, 3.05) is 16.4 Å². The van der Waals surface area contributed by atoms with E-state index in [2.05, 4.69) is 20.8 Å². The van der Waals surface area contributed by atoms with E-state index in [1.54, 1.807) is 24.3 Å². The number of thioether (sulfide) groups is 1. The SMILES string of the molecule is Cc1cccc(NC(=O)CSc2nnc(NC(=O)c3ccc(Cl)cc3)s2)c1. The second-order valence-electron chi connectivity index (χ2n) is 5.54. The van der Waals surface area contributed by atoms with Gasteiger partial charge in [0.25, 0.3) is 5.91 Å². The van der Waals surface area contributed by atoms with E-state index in [-0.39, 0.29) is 17.6 Å². The number of carbonyl (C=O) groups is 2. The Balaban J connectivity index is 1.51. The Bertz CT molecular complexity index is 960. The number of halogens is 1. The minimum Gasteiger partial charge on any atom is -0.325 e. The van der Waals surface area contributed by atoms with Crippen LogP contribution < -0.4 is 10.6 Å². The van der Waals surface area contributed by atoms with E-state index in [1.807, 2.05) is 31.2 Å². The van der Waals surface area contributed by atoms with Crippen LogP contribution in [0, 0.1) is 6.92 Å². The van der Waals surface area contributed by atoms with E-state index < -0.39 is 0 Å². The maximum atomic E-state index is 12.1. The Morgan fingerprint density at radius 3 is 2.63 bits per heavy atom. The van der Waals surface area contributed by atoms with Crippen molar-refractivity contribution in [3.05, 3.63) is 64.7 Å². The molecule has 1 aromatic heterocycles. The van der Waals surface area contributed by atoms with E-state index in [4.69, 9.17) is 11.6 Å². The molecule has 0 aliphatic carbocycles. The highest BCUT2D eigenvalue weighted by molar-refractivity contribution is 8.01. The molecule has 27 heavy (non-hydrogen) atoms. The summed E-state index contributed by atoms with van der Waals surface area (Å²) in [6, 6.07) is 14.1. The van der Waals surface area contributed by atoms with Gasteiger partial charge in [-0.3, -0.25) is 14.9 Å². The molecule has 1 heterocycles. The molecule has 0 aliphatic rings. The number of nitrogens with one attached hydrogen (secondary N) is 2. The van der Waals surface area contributed by atoms with Crippen LogP contribution in [0.15, 0.2) is 52.9 Å². The average Bonchev–Trinajstić information content (AvgIpc) is 3.08. The highest BCUT2D eigenvalue weighted by Crippen LogP contribution is 2.26. The summed E-state index contributed by atoms with van der Waals surface area (Å²) >= 11 is 8.29.